The van der Waals surface area contributed by atoms with Crippen LogP contribution in [0.5, 0.6) is 0 Å². The minimum absolute atomic E-state index is 0.241. The van der Waals surface area contributed by atoms with Gasteiger partial charge in [0.15, 0.2) is 0 Å². The average molecular weight is 377 g/mol. The molecule has 6 heteroatoms. The zero-order valence-corrected chi connectivity index (χ0v) is 15.1. The van der Waals surface area contributed by atoms with Gasteiger partial charge in [-0.1, -0.05) is 29.3 Å². The van der Waals surface area contributed by atoms with Crippen LogP contribution in [0, 0.1) is 0 Å². The summed E-state index contributed by atoms with van der Waals surface area (Å²) in [7, 11) is 0. The maximum Gasteiger partial charge on any atom is 0.248 e. The molecule has 0 bridgehead atoms. The van der Waals surface area contributed by atoms with Gasteiger partial charge in [-0.15, -0.1) is 0 Å². The molecule has 2 aromatic rings. The molecule has 3 rings (SSSR count). The summed E-state index contributed by atoms with van der Waals surface area (Å²) in [5, 5.41) is 3.84. The number of carbonyl (C=O) groups excluding carboxylic acids is 1. The molecule has 0 saturated carbocycles. The first-order valence-electron chi connectivity index (χ1n) is 7.99. The highest BCUT2D eigenvalue weighted by Gasteiger charge is 2.11. The van der Waals surface area contributed by atoms with E-state index in [2.05, 4.69) is 10.2 Å². The Bertz CT molecular complexity index is 749. The second-order valence-corrected chi connectivity index (χ2v) is 6.42. The van der Waals surface area contributed by atoms with E-state index in [0.29, 0.717) is 15.6 Å². The van der Waals surface area contributed by atoms with E-state index in [9.17, 15) is 4.79 Å². The van der Waals surface area contributed by atoms with Crippen LogP contribution >= 0.6 is 23.2 Å². The van der Waals surface area contributed by atoms with Crippen LogP contribution in [-0.4, -0.2) is 32.2 Å². The summed E-state index contributed by atoms with van der Waals surface area (Å²) < 4.78 is 5.35. The number of nitrogens with zero attached hydrogens (tertiary/aromatic N) is 1. The lowest BCUT2D eigenvalue weighted by atomic mass is 10.2. The molecule has 1 amide bonds. The van der Waals surface area contributed by atoms with Crippen LogP contribution < -0.4 is 10.2 Å². The van der Waals surface area contributed by atoms with Crippen molar-refractivity contribution in [3.05, 3.63) is 64.1 Å². The van der Waals surface area contributed by atoms with Crippen molar-refractivity contribution in [1.82, 2.24) is 0 Å². The predicted octanol–water partition coefficient (Wildman–Crippen LogP) is 4.48. The number of anilines is 2. The standard InChI is InChI=1S/C19H18Cl2N2O2/c20-17-2-1-3-18(21)16(17)8-9-19(24)22-14-4-6-15(7-5-14)23-10-12-25-13-11-23/h1-9H,10-13H2,(H,22,24)/b9-8+. The fraction of sp³-hybridized carbons (Fsp3) is 0.211. The highest BCUT2D eigenvalue weighted by molar-refractivity contribution is 6.37. The van der Waals surface area contributed by atoms with Gasteiger partial charge in [-0.25, -0.2) is 0 Å². The van der Waals surface area contributed by atoms with Gasteiger partial charge < -0.3 is 15.0 Å². The Kier molecular flexibility index (Phi) is 5.97. The molecule has 4 nitrogen and oxygen atoms in total. The third kappa shape index (κ3) is 4.75. The Balaban J connectivity index is 1.62. The lowest BCUT2D eigenvalue weighted by Gasteiger charge is -2.28. The molecule has 1 heterocycles. The predicted molar refractivity (Wildman–Crippen MR) is 104 cm³/mol. The summed E-state index contributed by atoms with van der Waals surface area (Å²) in [6.07, 6.45) is 3.03. The SMILES string of the molecule is O=C(/C=C/c1c(Cl)cccc1Cl)Nc1ccc(N2CCOCC2)cc1. The van der Waals surface area contributed by atoms with Crippen molar-refractivity contribution in [2.45, 2.75) is 0 Å². The minimum atomic E-state index is -0.241. The van der Waals surface area contributed by atoms with E-state index in [4.69, 9.17) is 27.9 Å². The molecular formula is C19H18Cl2N2O2. The second-order valence-electron chi connectivity index (χ2n) is 5.60. The Morgan fingerprint density at radius 3 is 2.32 bits per heavy atom. The highest BCUT2D eigenvalue weighted by Crippen LogP contribution is 2.25. The molecule has 1 aliphatic rings. The van der Waals surface area contributed by atoms with Crippen molar-refractivity contribution in [3.63, 3.8) is 0 Å². The van der Waals surface area contributed by atoms with Crippen LogP contribution in [0.15, 0.2) is 48.5 Å². The van der Waals surface area contributed by atoms with Crippen molar-refractivity contribution in [3.8, 4) is 0 Å². The summed E-state index contributed by atoms with van der Waals surface area (Å²) in [5.41, 5.74) is 2.49. The number of halogens is 2. The molecule has 130 valence electrons. The minimum Gasteiger partial charge on any atom is -0.378 e. The number of hydrogen-bond acceptors (Lipinski definition) is 3. The quantitative estimate of drug-likeness (QED) is 0.799. The number of rotatable bonds is 4. The van der Waals surface area contributed by atoms with Gasteiger partial charge in [0.1, 0.15) is 0 Å². The van der Waals surface area contributed by atoms with Crippen molar-refractivity contribution in [2.24, 2.45) is 0 Å². The van der Waals surface area contributed by atoms with Gasteiger partial charge in [0.2, 0.25) is 5.91 Å². The van der Waals surface area contributed by atoms with Gasteiger partial charge in [-0.2, -0.15) is 0 Å². The van der Waals surface area contributed by atoms with E-state index in [1.54, 1.807) is 24.3 Å². The molecule has 25 heavy (non-hydrogen) atoms. The Morgan fingerprint density at radius 2 is 1.68 bits per heavy atom. The fourth-order valence-corrected chi connectivity index (χ4v) is 3.11. The summed E-state index contributed by atoms with van der Waals surface area (Å²) in [4.78, 5) is 14.3. The topological polar surface area (TPSA) is 41.6 Å². The molecule has 0 aliphatic carbocycles. The lowest BCUT2D eigenvalue weighted by molar-refractivity contribution is -0.111. The Morgan fingerprint density at radius 1 is 1.04 bits per heavy atom. The van der Waals surface area contributed by atoms with Crippen molar-refractivity contribution >= 4 is 46.6 Å². The second kappa shape index (κ2) is 8.39. The van der Waals surface area contributed by atoms with Gasteiger partial charge in [-0.05, 0) is 42.5 Å². The molecule has 1 fully saturated rings. The van der Waals surface area contributed by atoms with Crippen LogP contribution in [0.3, 0.4) is 0 Å². The van der Waals surface area contributed by atoms with E-state index >= 15 is 0 Å². The molecule has 1 aliphatic heterocycles. The number of benzene rings is 2. The molecule has 0 unspecified atom stereocenters. The van der Waals surface area contributed by atoms with E-state index in [-0.39, 0.29) is 5.91 Å². The first kappa shape index (κ1) is 17.8. The Labute approximate surface area is 157 Å². The third-order valence-corrected chi connectivity index (χ3v) is 4.57. The maximum atomic E-state index is 12.1. The first-order valence-corrected chi connectivity index (χ1v) is 8.75. The monoisotopic (exact) mass is 376 g/mol. The molecule has 0 atom stereocenters. The highest BCUT2D eigenvalue weighted by atomic mass is 35.5. The van der Waals surface area contributed by atoms with E-state index in [1.807, 2.05) is 24.3 Å². The Hall–Kier alpha value is -2.01. The van der Waals surface area contributed by atoms with Gasteiger partial charge in [-0.3, -0.25) is 4.79 Å². The molecule has 1 saturated heterocycles. The molecule has 0 spiro atoms. The number of amides is 1. The molecule has 2 aromatic carbocycles. The van der Waals surface area contributed by atoms with E-state index in [0.717, 1.165) is 37.7 Å². The largest absolute Gasteiger partial charge is 0.378 e. The zero-order chi connectivity index (χ0) is 17.6. The van der Waals surface area contributed by atoms with Crippen LogP contribution in [0.1, 0.15) is 5.56 Å². The van der Waals surface area contributed by atoms with Gasteiger partial charge in [0.05, 0.1) is 13.2 Å². The lowest BCUT2D eigenvalue weighted by Crippen LogP contribution is -2.36. The average Bonchev–Trinajstić information content (AvgIpc) is 2.63. The molecule has 0 radical (unpaired) electrons. The number of nitrogens with one attached hydrogen (secondary N) is 1. The van der Waals surface area contributed by atoms with Crippen LogP contribution in [0.4, 0.5) is 11.4 Å². The number of ether oxygens (including phenoxy) is 1. The summed E-state index contributed by atoms with van der Waals surface area (Å²) in [5.74, 6) is -0.241. The smallest absolute Gasteiger partial charge is 0.248 e. The van der Waals surface area contributed by atoms with Crippen molar-refractivity contribution in [1.29, 1.82) is 0 Å². The van der Waals surface area contributed by atoms with Crippen molar-refractivity contribution < 1.29 is 9.53 Å². The summed E-state index contributed by atoms with van der Waals surface area (Å²) in [6.45, 7) is 3.25. The summed E-state index contributed by atoms with van der Waals surface area (Å²) in [6, 6.07) is 13.0. The first-order chi connectivity index (χ1) is 12.1. The molecule has 1 N–H and O–H groups in total. The maximum absolute atomic E-state index is 12.1. The number of carbonyl (C=O) groups is 1. The molecular weight excluding hydrogens is 359 g/mol. The van der Waals surface area contributed by atoms with E-state index < -0.39 is 0 Å². The molecule has 0 aromatic heterocycles. The number of morpholine rings is 1. The van der Waals surface area contributed by atoms with Crippen LogP contribution in [-0.2, 0) is 9.53 Å². The zero-order valence-electron chi connectivity index (χ0n) is 13.5. The summed E-state index contributed by atoms with van der Waals surface area (Å²) >= 11 is 12.2. The fourth-order valence-electron chi connectivity index (χ4n) is 2.59. The van der Waals surface area contributed by atoms with Gasteiger partial charge in [0, 0.05) is 46.1 Å². The normalized spacial score (nSPS) is 14.7. The van der Waals surface area contributed by atoms with Crippen LogP contribution in [0.2, 0.25) is 10.0 Å². The third-order valence-electron chi connectivity index (χ3n) is 3.91. The van der Waals surface area contributed by atoms with E-state index in [1.165, 1.54) is 6.08 Å². The van der Waals surface area contributed by atoms with Crippen molar-refractivity contribution in [2.75, 3.05) is 36.5 Å². The van der Waals surface area contributed by atoms with Crippen LogP contribution in [0.25, 0.3) is 6.08 Å². The van der Waals surface area contributed by atoms with Gasteiger partial charge in [0.25, 0.3) is 0 Å². The van der Waals surface area contributed by atoms with Gasteiger partial charge >= 0.3 is 0 Å². The number of hydrogen-bond donors (Lipinski definition) is 1.